The van der Waals surface area contributed by atoms with Gasteiger partial charge >= 0.3 is 5.97 Å². The molecule has 1 fully saturated rings. The molecule has 1 aliphatic rings. The van der Waals surface area contributed by atoms with Crippen molar-refractivity contribution in [2.45, 2.75) is 57.0 Å². The van der Waals surface area contributed by atoms with Crippen LogP contribution in [-0.2, 0) is 23.0 Å². The Morgan fingerprint density at radius 3 is 2.69 bits per heavy atom. The molecule has 1 aliphatic carbocycles. The lowest BCUT2D eigenvalue weighted by Crippen LogP contribution is -2.16. The molecule has 0 spiro atoms. The highest BCUT2D eigenvalue weighted by atomic mass is 32.2. The molecular formula is C26H32N4O3S2. The highest BCUT2D eigenvalue weighted by Gasteiger charge is 2.23. The number of ether oxygens (including phenoxy) is 1. The van der Waals surface area contributed by atoms with Crippen LogP contribution in [0.15, 0.2) is 40.9 Å². The molecule has 0 atom stereocenters. The monoisotopic (exact) mass is 512 g/mol. The molecule has 9 heteroatoms. The number of amides is 1. The van der Waals surface area contributed by atoms with E-state index in [4.69, 9.17) is 4.74 Å². The fourth-order valence-electron chi connectivity index (χ4n) is 4.48. The number of thiophene rings is 1. The van der Waals surface area contributed by atoms with Crippen molar-refractivity contribution < 1.29 is 14.3 Å². The maximum Gasteiger partial charge on any atom is 0.341 e. The molecule has 186 valence electrons. The third-order valence-electron chi connectivity index (χ3n) is 6.37. The number of rotatable bonds is 10. The van der Waals surface area contributed by atoms with Gasteiger partial charge in [0.1, 0.15) is 16.4 Å². The van der Waals surface area contributed by atoms with Gasteiger partial charge in [-0.1, -0.05) is 74.2 Å². The maximum atomic E-state index is 12.8. The predicted octanol–water partition coefficient (Wildman–Crippen LogP) is 5.96. The first kappa shape index (κ1) is 25.4. The number of benzene rings is 1. The van der Waals surface area contributed by atoms with Crippen LogP contribution in [0.2, 0.25) is 0 Å². The summed E-state index contributed by atoms with van der Waals surface area (Å²) >= 11 is 2.68. The summed E-state index contributed by atoms with van der Waals surface area (Å²) in [6, 6.07) is 9.63. The number of thioether (sulfide) groups is 1. The van der Waals surface area contributed by atoms with Crippen molar-refractivity contribution in [1.82, 2.24) is 14.8 Å². The zero-order chi connectivity index (χ0) is 24.6. The number of carbonyl (C=O) groups excluding carboxylic acids is 2. The maximum absolute atomic E-state index is 12.8. The van der Waals surface area contributed by atoms with Crippen molar-refractivity contribution in [3.63, 3.8) is 0 Å². The molecule has 0 bridgehead atoms. The topological polar surface area (TPSA) is 86.1 Å². The van der Waals surface area contributed by atoms with Gasteiger partial charge in [0.25, 0.3) is 0 Å². The summed E-state index contributed by atoms with van der Waals surface area (Å²) in [5.41, 5.74) is 2.06. The smallest absolute Gasteiger partial charge is 0.341 e. The van der Waals surface area contributed by atoms with E-state index in [1.165, 1.54) is 55.2 Å². The van der Waals surface area contributed by atoms with Gasteiger partial charge in [-0.15, -0.1) is 21.5 Å². The molecular weight excluding hydrogens is 480 g/mol. The van der Waals surface area contributed by atoms with E-state index in [0.29, 0.717) is 10.6 Å². The summed E-state index contributed by atoms with van der Waals surface area (Å²) in [6.45, 7) is 2.03. The summed E-state index contributed by atoms with van der Waals surface area (Å²) in [4.78, 5) is 25.5. The zero-order valence-corrected chi connectivity index (χ0v) is 21.9. The SMILES string of the molecule is CCOC(=O)c1c(-c2ccccc2)csc1NC(=O)CSc1nnc(CCC2CCCCC2)n1C. The predicted molar refractivity (Wildman–Crippen MR) is 141 cm³/mol. The highest BCUT2D eigenvalue weighted by Crippen LogP contribution is 2.36. The van der Waals surface area contributed by atoms with E-state index in [0.717, 1.165) is 40.9 Å². The number of aryl methyl sites for hydroxylation is 1. The minimum absolute atomic E-state index is 0.176. The fourth-order valence-corrected chi connectivity index (χ4v) is 6.18. The number of carbonyl (C=O) groups is 2. The normalized spacial score (nSPS) is 14.1. The minimum atomic E-state index is -0.438. The Hall–Kier alpha value is -2.65. The number of aromatic nitrogens is 3. The van der Waals surface area contributed by atoms with Crippen LogP contribution < -0.4 is 5.32 Å². The molecule has 3 aromatic rings. The largest absolute Gasteiger partial charge is 0.462 e. The molecule has 1 aromatic carbocycles. The van der Waals surface area contributed by atoms with E-state index in [-0.39, 0.29) is 18.3 Å². The van der Waals surface area contributed by atoms with Gasteiger partial charge in [-0.3, -0.25) is 4.79 Å². The Kier molecular flexibility index (Phi) is 8.98. The molecule has 1 amide bonds. The average Bonchev–Trinajstić information content (AvgIpc) is 3.46. The summed E-state index contributed by atoms with van der Waals surface area (Å²) in [6.07, 6.45) is 8.76. The lowest BCUT2D eigenvalue weighted by atomic mass is 9.86. The first-order valence-electron chi connectivity index (χ1n) is 12.2. The second-order valence-electron chi connectivity index (χ2n) is 8.78. The summed E-state index contributed by atoms with van der Waals surface area (Å²) in [5.74, 6) is 1.30. The van der Waals surface area contributed by atoms with E-state index in [2.05, 4.69) is 15.5 Å². The van der Waals surface area contributed by atoms with E-state index >= 15 is 0 Å². The van der Waals surface area contributed by atoms with Crippen LogP contribution in [0.3, 0.4) is 0 Å². The van der Waals surface area contributed by atoms with Gasteiger partial charge in [0.15, 0.2) is 5.16 Å². The van der Waals surface area contributed by atoms with Gasteiger partial charge in [0.05, 0.1) is 12.4 Å². The van der Waals surface area contributed by atoms with Gasteiger partial charge in [0.2, 0.25) is 5.91 Å². The van der Waals surface area contributed by atoms with Crippen LogP contribution >= 0.6 is 23.1 Å². The Morgan fingerprint density at radius 1 is 1.17 bits per heavy atom. The third-order valence-corrected chi connectivity index (χ3v) is 8.28. The number of anilines is 1. The molecule has 2 heterocycles. The van der Waals surface area contributed by atoms with Gasteiger partial charge < -0.3 is 14.6 Å². The molecule has 2 aromatic heterocycles. The molecule has 1 N–H and O–H groups in total. The Balaban J connectivity index is 1.38. The lowest BCUT2D eigenvalue weighted by molar-refractivity contribution is -0.113. The first-order chi connectivity index (χ1) is 17.1. The average molecular weight is 513 g/mol. The fraction of sp³-hybridized carbons (Fsp3) is 0.462. The van der Waals surface area contributed by atoms with Crippen molar-refractivity contribution in [1.29, 1.82) is 0 Å². The molecule has 7 nitrogen and oxygen atoms in total. The van der Waals surface area contributed by atoms with Crippen molar-refractivity contribution in [2.24, 2.45) is 13.0 Å². The van der Waals surface area contributed by atoms with Crippen molar-refractivity contribution >= 4 is 40.0 Å². The Bertz CT molecular complexity index is 1140. The second-order valence-corrected chi connectivity index (χ2v) is 10.6. The third kappa shape index (κ3) is 6.52. The van der Waals surface area contributed by atoms with Gasteiger partial charge in [-0.25, -0.2) is 4.79 Å². The molecule has 0 saturated heterocycles. The molecule has 35 heavy (non-hydrogen) atoms. The lowest BCUT2D eigenvalue weighted by Gasteiger charge is -2.20. The summed E-state index contributed by atoms with van der Waals surface area (Å²) in [5, 5.41) is 14.7. The number of hydrogen-bond acceptors (Lipinski definition) is 7. The molecule has 4 rings (SSSR count). The van der Waals surface area contributed by atoms with Crippen LogP contribution in [-0.4, -0.2) is 39.0 Å². The number of hydrogen-bond donors (Lipinski definition) is 1. The number of esters is 1. The van der Waals surface area contributed by atoms with Crippen LogP contribution in [0.5, 0.6) is 0 Å². The van der Waals surface area contributed by atoms with Crippen molar-refractivity contribution in [3.05, 3.63) is 47.1 Å². The van der Waals surface area contributed by atoms with Gasteiger partial charge in [-0.2, -0.15) is 0 Å². The highest BCUT2D eigenvalue weighted by molar-refractivity contribution is 7.99. The quantitative estimate of drug-likeness (QED) is 0.266. The van der Waals surface area contributed by atoms with Crippen LogP contribution in [0.1, 0.15) is 61.6 Å². The summed E-state index contributed by atoms with van der Waals surface area (Å²) < 4.78 is 7.26. The summed E-state index contributed by atoms with van der Waals surface area (Å²) in [7, 11) is 1.96. The Labute approximate surface area is 214 Å². The van der Waals surface area contributed by atoms with Crippen LogP contribution in [0, 0.1) is 5.92 Å². The van der Waals surface area contributed by atoms with Gasteiger partial charge in [0, 0.05) is 24.4 Å². The van der Waals surface area contributed by atoms with E-state index < -0.39 is 5.97 Å². The molecule has 0 aliphatic heterocycles. The standard InChI is InChI=1S/C26H32N4O3S2/c1-3-33-25(32)23-20(19-12-8-5-9-13-19)16-34-24(23)27-22(31)17-35-26-29-28-21(30(26)2)15-14-18-10-6-4-7-11-18/h5,8-9,12-13,16,18H,3-4,6-7,10-11,14-15,17H2,1-2H3,(H,27,31). The van der Waals surface area contributed by atoms with Crippen LogP contribution in [0.4, 0.5) is 5.00 Å². The first-order valence-corrected chi connectivity index (χ1v) is 14.1. The van der Waals surface area contributed by atoms with Crippen molar-refractivity contribution in [2.75, 3.05) is 17.7 Å². The van der Waals surface area contributed by atoms with Crippen LogP contribution in [0.25, 0.3) is 11.1 Å². The van der Waals surface area contributed by atoms with E-state index in [1.54, 1.807) is 6.92 Å². The second kappa shape index (κ2) is 12.4. The van der Waals surface area contributed by atoms with E-state index in [9.17, 15) is 9.59 Å². The number of nitrogens with zero attached hydrogens (tertiary/aromatic N) is 3. The zero-order valence-electron chi connectivity index (χ0n) is 20.3. The molecule has 1 saturated carbocycles. The minimum Gasteiger partial charge on any atom is -0.462 e. The van der Waals surface area contributed by atoms with E-state index in [1.807, 2.05) is 47.3 Å². The molecule has 0 radical (unpaired) electrons. The van der Waals surface area contributed by atoms with Gasteiger partial charge in [-0.05, 0) is 24.8 Å². The number of nitrogens with one attached hydrogen (secondary N) is 1. The Morgan fingerprint density at radius 2 is 1.94 bits per heavy atom. The van der Waals surface area contributed by atoms with Crippen molar-refractivity contribution in [3.8, 4) is 11.1 Å². The molecule has 0 unspecified atom stereocenters.